The van der Waals surface area contributed by atoms with Crippen LogP contribution in [0.3, 0.4) is 0 Å². The van der Waals surface area contributed by atoms with Crippen molar-refractivity contribution in [2.24, 2.45) is 0 Å². The number of non-ortho nitro benzene ring substituents is 1. The minimum absolute atomic E-state index is 0.126. The Labute approximate surface area is 117 Å². The van der Waals surface area contributed by atoms with E-state index >= 15 is 0 Å². The fourth-order valence-electron chi connectivity index (χ4n) is 2.00. The molecule has 0 aliphatic carbocycles. The van der Waals surface area contributed by atoms with E-state index in [4.69, 9.17) is 4.42 Å². The first-order chi connectivity index (χ1) is 9.56. The van der Waals surface area contributed by atoms with E-state index in [0.717, 1.165) is 30.0 Å². The highest BCUT2D eigenvalue weighted by Crippen LogP contribution is 2.16. The number of nitro benzene ring substituents is 1. The molecule has 0 aliphatic rings. The molecule has 5 nitrogen and oxygen atoms in total. The van der Waals surface area contributed by atoms with Crippen molar-refractivity contribution in [3.63, 3.8) is 0 Å². The summed E-state index contributed by atoms with van der Waals surface area (Å²) < 4.78 is 5.55. The van der Waals surface area contributed by atoms with E-state index in [-0.39, 0.29) is 16.7 Å². The topological polar surface area (TPSA) is 68.3 Å². The smallest absolute Gasteiger partial charge is 0.269 e. The number of benzene rings is 1. The monoisotopic (exact) mass is 274 g/mol. The van der Waals surface area contributed by atoms with Gasteiger partial charge in [0.25, 0.3) is 5.69 Å². The molecule has 1 N–H and O–H groups in total. The quantitative estimate of drug-likeness (QED) is 0.647. The Kier molecular flexibility index (Phi) is 4.53. The molecule has 0 saturated carbocycles. The zero-order valence-corrected chi connectivity index (χ0v) is 11.6. The second kappa shape index (κ2) is 6.34. The van der Waals surface area contributed by atoms with Gasteiger partial charge in [0.05, 0.1) is 11.0 Å². The summed E-state index contributed by atoms with van der Waals surface area (Å²) in [5.41, 5.74) is 1.20. The van der Waals surface area contributed by atoms with Crippen molar-refractivity contribution in [2.45, 2.75) is 26.3 Å². The number of rotatable bonds is 6. The van der Waals surface area contributed by atoms with Crippen LogP contribution in [-0.2, 0) is 6.42 Å². The van der Waals surface area contributed by atoms with E-state index in [2.05, 4.69) is 5.32 Å². The Morgan fingerprint density at radius 3 is 2.50 bits per heavy atom. The molecule has 0 aliphatic heterocycles. The first-order valence-corrected chi connectivity index (χ1v) is 6.59. The van der Waals surface area contributed by atoms with Crippen molar-refractivity contribution < 1.29 is 9.34 Å². The van der Waals surface area contributed by atoms with E-state index in [1.165, 1.54) is 12.1 Å². The second-order valence-electron chi connectivity index (χ2n) is 4.80. The molecule has 5 heteroatoms. The van der Waals surface area contributed by atoms with E-state index < -0.39 is 0 Å². The van der Waals surface area contributed by atoms with E-state index in [1.54, 1.807) is 12.1 Å². The lowest BCUT2D eigenvalue weighted by molar-refractivity contribution is -0.384. The summed E-state index contributed by atoms with van der Waals surface area (Å²) in [5.74, 6) is 1.83. The van der Waals surface area contributed by atoms with Gasteiger partial charge in [0.2, 0.25) is 0 Å². The molecule has 20 heavy (non-hydrogen) atoms. The largest absolute Gasteiger partial charge is 0.465 e. The molecule has 1 atom stereocenters. The Morgan fingerprint density at radius 2 is 1.95 bits per heavy atom. The van der Waals surface area contributed by atoms with Gasteiger partial charge in [-0.2, -0.15) is 0 Å². The third-order valence-corrected chi connectivity index (χ3v) is 3.20. The molecule has 1 aromatic heterocycles. The third-order valence-electron chi connectivity index (χ3n) is 3.20. The highest BCUT2D eigenvalue weighted by atomic mass is 16.6. The Hall–Kier alpha value is -2.14. The Balaban J connectivity index is 1.82. The van der Waals surface area contributed by atoms with E-state index in [1.807, 2.05) is 26.0 Å². The highest BCUT2D eigenvalue weighted by Gasteiger charge is 2.08. The van der Waals surface area contributed by atoms with Gasteiger partial charge >= 0.3 is 0 Å². The van der Waals surface area contributed by atoms with Crippen molar-refractivity contribution in [1.82, 2.24) is 5.32 Å². The normalized spacial score (nSPS) is 12.3. The summed E-state index contributed by atoms with van der Waals surface area (Å²) in [4.78, 5) is 10.2. The van der Waals surface area contributed by atoms with Crippen LogP contribution in [0.4, 0.5) is 5.69 Å². The van der Waals surface area contributed by atoms with Crippen LogP contribution >= 0.6 is 0 Å². The fourth-order valence-corrected chi connectivity index (χ4v) is 2.00. The van der Waals surface area contributed by atoms with Gasteiger partial charge in [-0.25, -0.2) is 0 Å². The maximum absolute atomic E-state index is 10.6. The predicted molar refractivity (Wildman–Crippen MR) is 76.7 cm³/mol. The molecule has 2 rings (SSSR count). The molecule has 0 bridgehead atoms. The number of nitrogens with zero attached hydrogens (tertiary/aromatic N) is 1. The molecule has 2 aromatic rings. The van der Waals surface area contributed by atoms with Crippen LogP contribution in [0.25, 0.3) is 0 Å². The van der Waals surface area contributed by atoms with E-state index in [0.29, 0.717) is 0 Å². The standard InChI is InChI=1S/C15H18N2O3/c1-11-3-8-15(20-11)12(2)16-10-9-13-4-6-14(7-5-13)17(18)19/h3-8,12,16H,9-10H2,1-2H3. The highest BCUT2D eigenvalue weighted by molar-refractivity contribution is 5.32. The summed E-state index contributed by atoms with van der Waals surface area (Å²) in [6.45, 7) is 4.76. The van der Waals surface area contributed by atoms with Gasteiger partial charge in [-0.05, 0) is 44.5 Å². The van der Waals surface area contributed by atoms with Crippen LogP contribution in [0.2, 0.25) is 0 Å². The number of furan rings is 1. The Morgan fingerprint density at radius 1 is 1.25 bits per heavy atom. The Bertz CT molecular complexity index is 575. The van der Waals surface area contributed by atoms with Crippen molar-refractivity contribution >= 4 is 5.69 Å². The average Bonchev–Trinajstić information content (AvgIpc) is 2.86. The molecule has 1 aromatic carbocycles. The first kappa shape index (κ1) is 14.3. The third kappa shape index (κ3) is 3.68. The summed E-state index contributed by atoms with van der Waals surface area (Å²) in [7, 11) is 0. The zero-order chi connectivity index (χ0) is 14.5. The maximum Gasteiger partial charge on any atom is 0.269 e. The first-order valence-electron chi connectivity index (χ1n) is 6.59. The van der Waals surface area contributed by atoms with Crippen LogP contribution < -0.4 is 5.32 Å². The summed E-state index contributed by atoms with van der Waals surface area (Å²) in [6.07, 6.45) is 0.821. The second-order valence-corrected chi connectivity index (χ2v) is 4.80. The SMILES string of the molecule is Cc1ccc(C(C)NCCc2ccc([N+](=O)[O-])cc2)o1. The van der Waals surface area contributed by atoms with Crippen LogP contribution in [0.1, 0.15) is 30.0 Å². The van der Waals surface area contributed by atoms with Crippen LogP contribution in [0.15, 0.2) is 40.8 Å². The molecule has 0 spiro atoms. The molecule has 1 heterocycles. The van der Waals surface area contributed by atoms with Gasteiger partial charge in [-0.1, -0.05) is 12.1 Å². The predicted octanol–water partition coefficient (Wildman–Crippen LogP) is 3.39. The lowest BCUT2D eigenvalue weighted by Crippen LogP contribution is -2.20. The summed E-state index contributed by atoms with van der Waals surface area (Å²) in [6, 6.07) is 10.7. The lowest BCUT2D eigenvalue weighted by Gasteiger charge is -2.11. The minimum atomic E-state index is -0.386. The molecule has 0 amide bonds. The number of hydrogen-bond donors (Lipinski definition) is 1. The van der Waals surface area contributed by atoms with Gasteiger partial charge in [-0.15, -0.1) is 0 Å². The number of hydrogen-bond acceptors (Lipinski definition) is 4. The van der Waals surface area contributed by atoms with E-state index in [9.17, 15) is 10.1 Å². The summed E-state index contributed by atoms with van der Waals surface area (Å²) >= 11 is 0. The van der Waals surface area contributed by atoms with Crippen LogP contribution in [0, 0.1) is 17.0 Å². The van der Waals surface area contributed by atoms with Crippen molar-refractivity contribution in [3.8, 4) is 0 Å². The molecule has 106 valence electrons. The number of nitrogens with one attached hydrogen (secondary N) is 1. The van der Waals surface area contributed by atoms with Gasteiger partial charge in [0.1, 0.15) is 11.5 Å². The number of aryl methyl sites for hydroxylation is 1. The molecular weight excluding hydrogens is 256 g/mol. The number of nitro groups is 1. The maximum atomic E-state index is 10.6. The minimum Gasteiger partial charge on any atom is -0.465 e. The van der Waals surface area contributed by atoms with Gasteiger partial charge in [-0.3, -0.25) is 10.1 Å². The van der Waals surface area contributed by atoms with Crippen molar-refractivity contribution in [3.05, 3.63) is 63.6 Å². The fraction of sp³-hybridized carbons (Fsp3) is 0.333. The summed E-state index contributed by atoms with van der Waals surface area (Å²) in [5, 5.41) is 13.9. The van der Waals surface area contributed by atoms with Crippen molar-refractivity contribution in [1.29, 1.82) is 0 Å². The van der Waals surface area contributed by atoms with Crippen LogP contribution in [-0.4, -0.2) is 11.5 Å². The molecule has 1 unspecified atom stereocenters. The molecule has 0 saturated heterocycles. The average molecular weight is 274 g/mol. The van der Waals surface area contributed by atoms with Crippen LogP contribution in [0.5, 0.6) is 0 Å². The van der Waals surface area contributed by atoms with Gasteiger partial charge < -0.3 is 9.73 Å². The lowest BCUT2D eigenvalue weighted by atomic mass is 10.1. The van der Waals surface area contributed by atoms with Gasteiger partial charge in [0.15, 0.2) is 0 Å². The molecular formula is C15H18N2O3. The molecule has 0 fully saturated rings. The van der Waals surface area contributed by atoms with Crippen molar-refractivity contribution in [2.75, 3.05) is 6.54 Å². The molecule has 0 radical (unpaired) electrons. The zero-order valence-electron chi connectivity index (χ0n) is 11.6. The van der Waals surface area contributed by atoms with Gasteiger partial charge in [0, 0.05) is 12.1 Å².